The van der Waals surface area contributed by atoms with E-state index < -0.39 is 0 Å². The average Bonchev–Trinajstić information content (AvgIpc) is 2.42. The van der Waals surface area contributed by atoms with Crippen molar-refractivity contribution in [1.82, 2.24) is 0 Å². The molecule has 0 aliphatic heterocycles. The second kappa shape index (κ2) is 33.3. The molecular formula is C16H35MoPS3-2. The van der Waals surface area contributed by atoms with Gasteiger partial charge in [0.15, 0.2) is 0 Å². The zero-order valence-corrected chi connectivity index (χ0v) is 19.8. The first-order chi connectivity index (χ1) is 9.95. The summed E-state index contributed by atoms with van der Waals surface area (Å²) in [6, 6.07) is 0. The summed E-state index contributed by atoms with van der Waals surface area (Å²) < 4.78 is 0. The third-order valence-electron chi connectivity index (χ3n) is 2.56. The van der Waals surface area contributed by atoms with Gasteiger partial charge >= 0.3 is 27.8 Å². The van der Waals surface area contributed by atoms with Gasteiger partial charge in [-0.25, -0.2) is 0 Å². The van der Waals surface area contributed by atoms with Crippen molar-refractivity contribution in [2.45, 2.75) is 79.1 Å². The quantitative estimate of drug-likeness (QED) is 0.165. The molecule has 0 spiro atoms. The molecule has 0 heterocycles. The van der Waals surface area contributed by atoms with Crippen molar-refractivity contribution < 1.29 is 18.0 Å². The molecule has 0 saturated heterocycles. The Balaban J connectivity index is -0.000000105. The molecule has 0 rings (SSSR count). The minimum atomic E-state index is 0.250. The second-order valence-electron chi connectivity index (χ2n) is 5.57. The fraction of sp³-hybridized carbons (Fsp3) is 0.875. The van der Waals surface area contributed by atoms with Gasteiger partial charge in [0.1, 0.15) is 0 Å². The average molecular weight is 451 g/mol. The molecule has 0 amide bonds. The van der Waals surface area contributed by atoms with Crippen LogP contribution in [0.25, 0.3) is 0 Å². The Bertz CT molecular complexity index is 180. The van der Waals surface area contributed by atoms with Crippen LogP contribution in [0.3, 0.4) is 0 Å². The molecule has 130 valence electrons. The van der Waals surface area contributed by atoms with Crippen LogP contribution in [0.1, 0.15) is 79.1 Å². The maximum absolute atomic E-state index is 4.24. The molecule has 0 bridgehead atoms. The van der Waals surface area contributed by atoms with E-state index in [1.807, 2.05) is 0 Å². The number of rotatable bonds is 8. The summed E-state index contributed by atoms with van der Waals surface area (Å²) in [6.07, 6.45) is 10.5. The van der Waals surface area contributed by atoms with Gasteiger partial charge in [-0.3, -0.25) is 0 Å². The Morgan fingerprint density at radius 1 is 0.762 bits per heavy atom. The van der Waals surface area contributed by atoms with Gasteiger partial charge < -0.3 is 13.8 Å². The Hall–Kier alpha value is 1.65. The Labute approximate surface area is 161 Å². The summed E-state index contributed by atoms with van der Waals surface area (Å²) in [7, 11) is 4.09. The summed E-state index contributed by atoms with van der Waals surface area (Å²) in [4.78, 5) is 0. The molecule has 0 unspecified atom stereocenters. The predicted octanol–water partition coefficient (Wildman–Crippen LogP) is 7.31. The molecule has 5 heteroatoms. The SMILES string of the molecule is S=[PH]=S.[CH2-]CCCCC(C)C.[CH2-]CCCCC(C)C.[S]=[Mo]. The van der Waals surface area contributed by atoms with E-state index in [1.165, 1.54) is 56.5 Å². The summed E-state index contributed by atoms with van der Waals surface area (Å²) in [6.45, 7) is 16.6. The van der Waals surface area contributed by atoms with E-state index in [2.05, 4.69) is 75.0 Å². The van der Waals surface area contributed by atoms with Gasteiger partial charge in [0, 0.05) is 0 Å². The van der Waals surface area contributed by atoms with Crippen LogP contribution >= 0.6 is 16.0 Å². The third kappa shape index (κ3) is 61.6. The van der Waals surface area contributed by atoms with Crippen LogP contribution < -0.4 is 0 Å². The fourth-order valence-corrected chi connectivity index (χ4v) is 1.46. The first kappa shape index (κ1) is 30.5. The molecule has 0 aliphatic rings. The van der Waals surface area contributed by atoms with Crippen LogP contribution in [0.15, 0.2) is 0 Å². The van der Waals surface area contributed by atoms with Crippen LogP contribution in [0, 0.1) is 25.7 Å². The van der Waals surface area contributed by atoms with Crippen LogP contribution in [0.2, 0.25) is 0 Å². The van der Waals surface area contributed by atoms with Crippen molar-refractivity contribution in [3.8, 4) is 0 Å². The van der Waals surface area contributed by atoms with Crippen LogP contribution in [-0.2, 0) is 41.6 Å². The molecular weight excluding hydrogens is 415 g/mol. The Kier molecular flexibility index (Phi) is 48.4. The van der Waals surface area contributed by atoms with Crippen molar-refractivity contribution in [2.75, 3.05) is 0 Å². The second-order valence-corrected chi connectivity index (χ2v) is 7.74. The molecule has 0 radical (unpaired) electrons. The normalized spacial score (nSPS) is 8.76. The molecule has 0 saturated carbocycles. The van der Waals surface area contributed by atoms with Crippen LogP contribution in [0.5, 0.6) is 0 Å². The van der Waals surface area contributed by atoms with E-state index in [0.717, 1.165) is 24.7 Å². The Morgan fingerprint density at radius 2 is 1.00 bits per heavy atom. The van der Waals surface area contributed by atoms with Gasteiger partial charge in [0.2, 0.25) is 0 Å². The predicted molar refractivity (Wildman–Crippen MR) is 108 cm³/mol. The fourth-order valence-electron chi connectivity index (χ4n) is 1.46. The molecule has 0 nitrogen and oxygen atoms in total. The Morgan fingerprint density at radius 3 is 1.14 bits per heavy atom. The van der Waals surface area contributed by atoms with Gasteiger partial charge in [-0.15, -0.1) is 0 Å². The molecule has 21 heavy (non-hydrogen) atoms. The standard InChI is InChI=1S/2C8H17.Mo.HPS2.S/c2*1-4-5-6-7-8(2)3;;2-1-3;/h2*8H,1,4-7H2,2-3H3;;1H;/q2*-1;;;. The van der Waals surface area contributed by atoms with Gasteiger partial charge in [0.05, 0.1) is 0 Å². The first-order valence-corrected chi connectivity index (χ1v) is 13.8. The van der Waals surface area contributed by atoms with E-state index in [4.69, 9.17) is 0 Å². The molecule has 0 N–H and O–H groups in total. The van der Waals surface area contributed by atoms with Gasteiger partial charge in [-0.1, -0.05) is 89.8 Å². The summed E-state index contributed by atoms with van der Waals surface area (Å²) in [5.41, 5.74) is 0. The van der Waals surface area contributed by atoms with Crippen molar-refractivity contribution in [1.29, 1.82) is 0 Å². The maximum atomic E-state index is 4.24. The number of hydrogen-bond donors (Lipinski definition) is 0. The molecule has 0 aromatic carbocycles. The monoisotopic (exact) mass is 452 g/mol. The van der Waals surface area contributed by atoms with E-state index in [-0.39, 0.29) is 6.13 Å². The zero-order chi connectivity index (χ0) is 17.5. The summed E-state index contributed by atoms with van der Waals surface area (Å²) in [5, 5.41) is 0. The van der Waals surface area contributed by atoms with E-state index in [1.54, 1.807) is 0 Å². The summed E-state index contributed by atoms with van der Waals surface area (Å²) >= 11 is 10.0. The van der Waals surface area contributed by atoms with Crippen molar-refractivity contribution >= 4 is 39.6 Å². The zero-order valence-electron chi connectivity index (χ0n) is 14.4. The van der Waals surface area contributed by atoms with Gasteiger partial charge in [-0.2, -0.15) is 12.8 Å². The molecule has 0 atom stereocenters. The minimum absolute atomic E-state index is 0.250. The number of unbranched alkanes of at least 4 members (excludes halogenated alkanes) is 4. The van der Waals surface area contributed by atoms with Crippen LogP contribution in [0.4, 0.5) is 0 Å². The van der Waals surface area contributed by atoms with Crippen LogP contribution in [-0.4, -0.2) is 0 Å². The molecule has 0 aromatic heterocycles. The van der Waals surface area contributed by atoms with Crippen molar-refractivity contribution in [3.05, 3.63) is 13.8 Å². The van der Waals surface area contributed by atoms with Gasteiger partial charge in [0.25, 0.3) is 0 Å². The molecule has 0 aliphatic carbocycles. The number of hydrogen-bond acceptors (Lipinski definition) is 3. The first-order valence-electron chi connectivity index (χ1n) is 7.70. The van der Waals surface area contributed by atoms with E-state index in [0.29, 0.717) is 0 Å². The van der Waals surface area contributed by atoms with E-state index >= 15 is 0 Å². The summed E-state index contributed by atoms with van der Waals surface area (Å²) in [5.74, 6) is 1.75. The van der Waals surface area contributed by atoms with Gasteiger partial charge in [-0.05, 0) is 18.0 Å². The van der Waals surface area contributed by atoms with E-state index in [9.17, 15) is 0 Å². The van der Waals surface area contributed by atoms with Crippen molar-refractivity contribution in [3.63, 3.8) is 0 Å². The molecule has 0 aromatic rings. The topological polar surface area (TPSA) is 0 Å². The third-order valence-corrected chi connectivity index (χ3v) is 2.56. The van der Waals surface area contributed by atoms with Crippen molar-refractivity contribution in [2.24, 2.45) is 11.8 Å². The molecule has 0 fully saturated rings.